The highest BCUT2D eigenvalue weighted by Crippen LogP contribution is 2.30. The van der Waals surface area contributed by atoms with Gasteiger partial charge >= 0.3 is 11.9 Å². The Bertz CT molecular complexity index is 484. The molecule has 0 aromatic heterocycles. The Labute approximate surface area is 116 Å². The molecule has 0 heterocycles. The van der Waals surface area contributed by atoms with E-state index in [0.717, 1.165) is 0 Å². The van der Waals surface area contributed by atoms with Gasteiger partial charge in [-0.1, -0.05) is 20.8 Å². The summed E-state index contributed by atoms with van der Waals surface area (Å²) in [5.74, 6) is -4.59. The van der Waals surface area contributed by atoms with Crippen molar-refractivity contribution in [2.75, 3.05) is 0 Å². The Balaban J connectivity index is 2.98. The van der Waals surface area contributed by atoms with Crippen molar-refractivity contribution in [3.05, 3.63) is 11.8 Å². The quantitative estimate of drug-likeness (QED) is 0.466. The lowest BCUT2D eigenvalue weighted by Gasteiger charge is -2.25. The van der Waals surface area contributed by atoms with Gasteiger partial charge in [0.2, 0.25) is 5.78 Å². The third-order valence-corrected chi connectivity index (χ3v) is 3.76. The van der Waals surface area contributed by atoms with Crippen LogP contribution in [0.1, 0.15) is 40.0 Å². The second-order valence-corrected chi connectivity index (χ2v) is 4.88. The number of rotatable bonds is 5. The van der Waals surface area contributed by atoms with E-state index >= 15 is 0 Å². The summed E-state index contributed by atoms with van der Waals surface area (Å²) in [5, 5.41) is 9.21. The molecule has 0 saturated carbocycles. The number of Topliss-reactive ketones (excluding diaryl/α,β-unsaturated/α-hetero) is 2. The van der Waals surface area contributed by atoms with E-state index in [2.05, 4.69) is 0 Å². The van der Waals surface area contributed by atoms with Gasteiger partial charge in [-0.05, 0) is 25.3 Å². The Hall–Kier alpha value is -1.98. The molecule has 1 aliphatic rings. The summed E-state index contributed by atoms with van der Waals surface area (Å²) < 4.78 is 4.90. The fourth-order valence-corrected chi connectivity index (χ4v) is 2.04. The molecule has 1 unspecified atom stereocenters. The summed E-state index contributed by atoms with van der Waals surface area (Å²) in [4.78, 5) is 46.6. The first-order valence-electron chi connectivity index (χ1n) is 6.54. The molecule has 0 amide bonds. The number of ketones is 2. The highest BCUT2D eigenvalue weighted by Gasteiger charge is 2.46. The van der Waals surface area contributed by atoms with E-state index < -0.39 is 34.8 Å². The molecule has 0 fully saturated rings. The lowest BCUT2D eigenvalue weighted by atomic mass is 9.82. The molecule has 110 valence electrons. The monoisotopic (exact) mass is 282 g/mol. The van der Waals surface area contributed by atoms with Crippen LogP contribution >= 0.6 is 0 Å². The number of carbonyl (C=O) groups is 4. The van der Waals surface area contributed by atoms with Crippen LogP contribution in [0.5, 0.6) is 0 Å². The predicted molar refractivity (Wildman–Crippen MR) is 68.6 cm³/mol. The van der Waals surface area contributed by atoms with Crippen molar-refractivity contribution in [1.29, 1.82) is 0 Å². The van der Waals surface area contributed by atoms with Crippen LogP contribution in [-0.4, -0.2) is 28.6 Å². The Morgan fingerprint density at radius 1 is 1.35 bits per heavy atom. The fraction of sp³-hybridized carbons (Fsp3) is 0.571. The fourth-order valence-electron chi connectivity index (χ4n) is 2.04. The van der Waals surface area contributed by atoms with E-state index in [1.165, 1.54) is 6.08 Å². The number of carboxylic acid groups (broad SMARTS) is 1. The van der Waals surface area contributed by atoms with Crippen LogP contribution in [0.4, 0.5) is 0 Å². The molecule has 6 nitrogen and oxygen atoms in total. The van der Waals surface area contributed by atoms with Gasteiger partial charge in [0.05, 0.1) is 0 Å². The molecule has 1 atom stereocenters. The van der Waals surface area contributed by atoms with Crippen molar-refractivity contribution in [2.45, 2.75) is 40.0 Å². The summed E-state index contributed by atoms with van der Waals surface area (Å²) in [6.07, 6.45) is 1.75. The minimum atomic E-state index is -1.69. The second kappa shape index (κ2) is 5.98. The normalized spacial score (nSPS) is 19.6. The highest BCUT2D eigenvalue weighted by molar-refractivity contribution is 6.44. The van der Waals surface area contributed by atoms with Crippen molar-refractivity contribution in [2.24, 2.45) is 11.3 Å². The molecule has 0 aliphatic heterocycles. The maximum atomic E-state index is 12.1. The third kappa shape index (κ3) is 2.64. The molecule has 0 aromatic rings. The minimum absolute atomic E-state index is 0.0451. The highest BCUT2D eigenvalue weighted by atomic mass is 16.5. The number of carbonyl (C=O) groups excluding carboxylic acids is 3. The van der Waals surface area contributed by atoms with Crippen molar-refractivity contribution < 1.29 is 29.0 Å². The molecule has 0 saturated heterocycles. The Morgan fingerprint density at radius 3 is 2.35 bits per heavy atom. The SMILES string of the molecule is CCC(CC)(C(=O)O)C(=O)OC1=CCC(C)C(=O)C1=O. The van der Waals surface area contributed by atoms with E-state index in [0.29, 0.717) is 6.42 Å². The van der Waals surface area contributed by atoms with Crippen LogP contribution < -0.4 is 0 Å². The average molecular weight is 282 g/mol. The second-order valence-electron chi connectivity index (χ2n) is 4.88. The van der Waals surface area contributed by atoms with Crippen LogP contribution in [0, 0.1) is 11.3 Å². The number of hydrogen-bond donors (Lipinski definition) is 1. The smallest absolute Gasteiger partial charge is 0.328 e. The van der Waals surface area contributed by atoms with Crippen LogP contribution in [0.3, 0.4) is 0 Å². The van der Waals surface area contributed by atoms with Gasteiger partial charge in [0.25, 0.3) is 5.78 Å². The zero-order valence-corrected chi connectivity index (χ0v) is 11.8. The first kappa shape index (κ1) is 16.1. The standard InChI is InChI=1S/C14H18O6/c1-4-14(5-2,12(17)18)13(19)20-9-7-6-8(3)10(15)11(9)16/h7-8H,4-6H2,1-3H3,(H,17,18). The van der Waals surface area contributed by atoms with Crippen molar-refractivity contribution in [3.8, 4) is 0 Å². The van der Waals surface area contributed by atoms with E-state index in [-0.39, 0.29) is 18.6 Å². The van der Waals surface area contributed by atoms with Gasteiger partial charge in [-0.15, -0.1) is 0 Å². The summed E-state index contributed by atoms with van der Waals surface area (Å²) in [6.45, 7) is 4.72. The maximum Gasteiger partial charge on any atom is 0.328 e. The number of allylic oxidation sites excluding steroid dienone is 2. The van der Waals surface area contributed by atoms with E-state index in [4.69, 9.17) is 4.74 Å². The third-order valence-electron chi connectivity index (χ3n) is 3.76. The van der Waals surface area contributed by atoms with E-state index in [1.54, 1.807) is 20.8 Å². The van der Waals surface area contributed by atoms with Crippen molar-refractivity contribution in [1.82, 2.24) is 0 Å². The Kier molecular flexibility index (Phi) is 4.81. The number of carboxylic acids is 1. The summed E-state index contributed by atoms with van der Waals surface area (Å²) in [6, 6.07) is 0. The minimum Gasteiger partial charge on any atom is -0.480 e. The molecular formula is C14H18O6. The summed E-state index contributed by atoms with van der Waals surface area (Å²) >= 11 is 0. The first-order chi connectivity index (χ1) is 9.30. The summed E-state index contributed by atoms with van der Waals surface area (Å²) in [7, 11) is 0. The molecule has 6 heteroatoms. The van der Waals surface area contributed by atoms with Crippen LogP contribution in [0.15, 0.2) is 11.8 Å². The molecule has 0 radical (unpaired) electrons. The van der Waals surface area contributed by atoms with Crippen LogP contribution in [-0.2, 0) is 23.9 Å². The number of aliphatic carboxylic acids is 1. The molecule has 1 aliphatic carbocycles. The number of ether oxygens (including phenoxy) is 1. The van der Waals surface area contributed by atoms with Gasteiger partial charge < -0.3 is 9.84 Å². The van der Waals surface area contributed by atoms with Gasteiger partial charge in [-0.3, -0.25) is 19.2 Å². The molecule has 20 heavy (non-hydrogen) atoms. The van der Waals surface area contributed by atoms with Crippen molar-refractivity contribution >= 4 is 23.5 Å². The topological polar surface area (TPSA) is 97.7 Å². The summed E-state index contributed by atoms with van der Waals surface area (Å²) in [5.41, 5.74) is -1.69. The first-order valence-corrected chi connectivity index (χ1v) is 6.54. The molecule has 0 aromatic carbocycles. The van der Waals surface area contributed by atoms with Crippen LogP contribution in [0.2, 0.25) is 0 Å². The lowest BCUT2D eigenvalue weighted by molar-refractivity contribution is -0.167. The van der Waals surface area contributed by atoms with Crippen LogP contribution in [0.25, 0.3) is 0 Å². The van der Waals surface area contributed by atoms with Gasteiger partial charge in [0.15, 0.2) is 11.2 Å². The number of esters is 1. The van der Waals surface area contributed by atoms with E-state index in [9.17, 15) is 24.3 Å². The molecule has 0 bridgehead atoms. The van der Waals surface area contributed by atoms with Gasteiger partial charge in [0.1, 0.15) is 0 Å². The Morgan fingerprint density at radius 2 is 1.90 bits per heavy atom. The van der Waals surface area contributed by atoms with Gasteiger partial charge in [0, 0.05) is 5.92 Å². The molecule has 1 N–H and O–H groups in total. The number of hydrogen-bond acceptors (Lipinski definition) is 5. The average Bonchev–Trinajstić information content (AvgIpc) is 2.41. The maximum absolute atomic E-state index is 12.1. The molecular weight excluding hydrogens is 264 g/mol. The predicted octanol–water partition coefficient (Wildman–Crippen LogP) is 1.48. The van der Waals surface area contributed by atoms with E-state index in [1.807, 2.05) is 0 Å². The molecule has 1 rings (SSSR count). The van der Waals surface area contributed by atoms with Gasteiger partial charge in [-0.25, -0.2) is 0 Å². The van der Waals surface area contributed by atoms with Gasteiger partial charge in [-0.2, -0.15) is 0 Å². The largest absolute Gasteiger partial charge is 0.480 e. The van der Waals surface area contributed by atoms with Crippen molar-refractivity contribution in [3.63, 3.8) is 0 Å². The zero-order valence-electron chi connectivity index (χ0n) is 11.8. The zero-order chi connectivity index (χ0) is 15.5. The molecule has 0 spiro atoms. The lowest BCUT2D eigenvalue weighted by Crippen LogP contribution is -2.41.